The molecule has 2 rings (SSSR count). The lowest BCUT2D eigenvalue weighted by Gasteiger charge is -2.10. The van der Waals surface area contributed by atoms with E-state index < -0.39 is 0 Å². The van der Waals surface area contributed by atoms with E-state index >= 15 is 0 Å². The second kappa shape index (κ2) is 5.39. The summed E-state index contributed by atoms with van der Waals surface area (Å²) in [7, 11) is 0. The Labute approximate surface area is 116 Å². The summed E-state index contributed by atoms with van der Waals surface area (Å²) in [6.07, 6.45) is 2.03. The summed E-state index contributed by atoms with van der Waals surface area (Å²) in [6, 6.07) is 9.38. The van der Waals surface area contributed by atoms with E-state index in [-0.39, 0.29) is 6.42 Å². The number of nitrogens with zero attached hydrogens (tertiary/aromatic N) is 2. The van der Waals surface area contributed by atoms with Crippen LogP contribution in [-0.2, 0) is 6.42 Å². The van der Waals surface area contributed by atoms with Crippen LogP contribution in [0.1, 0.15) is 11.1 Å². The number of aryl methyl sites for hydroxylation is 1. The van der Waals surface area contributed by atoms with E-state index in [1.54, 1.807) is 24.4 Å². The van der Waals surface area contributed by atoms with Gasteiger partial charge in [-0.15, -0.1) is 0 Å². The Kier molecular flexibility index (Phi) is 3.86. The second-order valence-corrected chi connectivity index (χ2v) is 4.77. The zero-order valence-electron chi connectivity index (χ0n) is 9.74. The van der Waals surface area contributed by atoms with Crippen LogP contribution < -0.4 is 0 Å². The minimum Gasteiger partial charge on any atom is -0.256 e. The molecule has 0 aliphatic rings. The van der Waals surface area contributed by atoms with Gasteiger partial charge in [-0.3, -0.25) is 4.98 Å². The molecule has 2 nitrogen and oxygen atoms in total. The molecule has 0 unspecified atom stereocenters. The number of nitriles is 1. The zero-order valence-corrected chi connectivity index (χ0v) is 11.3. The molecule has 0 N–H and O–H groups in total. The van der Waals surface area contributed by atoms with Crippen LogP contribution >= 0.6 is 23.2 Å². The number of pyridine rings is 1. The molecule has 1 heterocycles. The van der Waals surface area contributed by atoms with Gasteiger partial charge in [-0.2, -0.15) is 5.26 Å². The van der Waals surface area contributed by atoms with Crippen molar-refractivity contribution < 1.29 is 0 Å². The first kappa shape index (κ1) is 12.9. The van der Waals surface area contributed by atoms with Gasteiger partial charge in [-0.25, -0.2) is 0 Å². The highest BCUT2D eigenvalue weighted by Crippen LogP contribution is 2.35. The van der Waals surface area contributed by atoms with Gasteiger partial charge < -0.3 is 0 Å². The first-order valence-electron chi connectivity index (χ1n) is 5.40. The Morgan fingerprint density at radius 3 is 2.56 bits per heavy atom. The highest BCUT2D eigenvalue weighted by atomic mass is 35.5. The number of hydrogen-bond donors (Lipinski definition) is 0. The maximum Gasteiger partial charge on any atom is 0.0774 e. The molecule has 4 heteroatoms. The minimum atomic E-state index is 0.283. The molecule has 0 spiro atoms. The predicted molar refractivity (Wildman–Crippen MR) is 73.7 cm³/mol. The average molecular weight is 277 g/mol. The molecular weight excluding hydrogens is 267 g/mol. The highest BCUT2D eigenvalue weighted by Gasteiger charge is 2.13. The van der Waals surface area contributed by atoms with Gasteiger partial charge in [0.1, 0.15) is 0 Å². The number of hydrogen-bond acceptors (Lipinski definition) is 2. The summed E-state index contributed by atoms with van der Waals surface area (Å²) in [5, 5.41) is 9.96. The molecule has 0 saturated carbocycles. The largest absolute Gasteiger partial charge is 0.256 e. The number of rotatable bonds is 2. The van der Waals surface area contributed by atoms with Crippen molar-refractivity contribution in [1.29, 1.82) is 5.26 Å². The van der Waals surface area contributed by atoms with Gasteiger partial charge in [-0.05, 0) is 30.2 Å². The van der Waals surface area contributed by atoms with Crippen LogP contribution in [0, 0.1) is 18.3 Å². The molecule has 0 amide bonds. The van der Waals surface area contributed by atoms with E-state index in [1.165, 1.54) is 0 Å². The van der Waals surface area contributed by atoms with Crippen molar-refractivity contribution in [3.8, 4) is 17.3 Å². The molecule has 1 aromatic heterocycles. The van der Waals surface area contributed by atoms with Crippen LogP contribution in [0.2, 0.25) is 10.0 Å². The first-order valence-corrected chi connectivity index (χ1v) is 6.16. The van der Waals surface area contributed by atoms with Crippen LogP contribution in [-0.4, -0.2) is 4.98 Å². The normalized spacial score (nSPS) is 10.1. The first-order chi connectivity index (χ1) is 8.63. The molecule has 0 atom stereocenters. The summed E-state index contributed by atoms with van der Waals surface area (Å²) >= 11 is 12.3. The summed E-state index contributed by atoms with van der Waals surface area (Å²) in [5.74, 6) is 0. The van der Waals surface area contributed by atoms with Crippen LogP contribution in [0.5, 0.6) is 0 Å². The summed E-state index contributed by atoms with van der Waals surface area (Å²) < 4.78 is 0. The Bertz CT molecular complexity index is 610. The maximum absolute atomic E-state index is 8.88. The predicted octanol–water partition coefficient (Wildman–Crippen LogP) is 4.43. The lowest BCUT2D eigenvalue weighted by atomic mass is 10.0. The molecule has 0 aliphatic carbocycles. The fourth-order valence-electron chi connectivity index (χ4n) is 1.80. The molecule has 2 aromatic rings. The van der Waals surface area contributed by atoms with Gasteiger partial charge in [0, 0.05) is 11.8 Å². The van der Waals surface area contributed by atoms with Gasteiger partial charge in [0.2, 0.25) is 0 Å². The Balaban J connectivity index is 2.68. The monoisotopic (exact) mass is 276 g/mol. The lowest BCUT2D eigenvalue weighted by Crippen LogP contribution is -1.95. The smallest absolute Gasteiger partial charge is 0.0774 e. The quantitative estimate of drug-likeness (QED) is 0.814. The van der Waals surface area contributed by atoms with Crippen molar-refractivity contribution >= 4 is 23.2 Å². The average Bonchev–Trinajstić information content (AvgIpc) is 2.32. The van der Waals surface area contributed by atoms with E-state index in [9.17, 15) is 0 Å². The van der Waals surface area contributed by atoms with Crippen LogP contribution in [0.3, 0.4) is 0 Å². The topological polar surface area (TPSA) is 36.7 Å². The van der Waals surface area contributed by atoms with Crippen molar-refractivity contribution in [3.63, 3.8) is 0 Å². The number of benzene rings is 1. The fraction of sp³-hybridized carbons (Fsp3) is 0.143. The van der Waals surface area contributed by atoms with Gasteiger partial charge in [0.15, 0.2) is 0 Å². The standard InChI is InChI=1S/C14H10Cl2N2/c1-9-7-10(5-6-17)14(18-8-9)13-11(15)3-2-4-12(13)16/h2-4,7-8H,5H2,1H3. The maximum atomic E-state index is 8.88. The molecule has 0 aliphatic heterocycles. The van der Waals surface area contributed by atoms with E-state index in [1.807, 2.05) is 13.0 Å². The zero-order chi connectivity index (χ0) is 13.1. The summed E-state index contributed by atoms with van der Waals surface area (Å²) in [6.45, 7) is 1.94. The van der Waals surface area contributed by atoms with Gasteiger partial charge in [-0.1, -0.05) is 35.3 Å². The Hall–Kier alpha value is -1.56. The van der Waals surface area contributed by atoms with Gasteiger partial charge >= 0.3 is 0 Å². The molecule has 90 valence electrons. The summed E-state index contributed by atoms with van der Waals surface area (Å²) in [5.41, 5.74) is 3.21. The van der Waals surface area contributed by atoms with Crippen molar-refractivity contribution in [1.82, 2.24) is 4.98 Å². The van der Waals surface area contributed by atoms with Crippen molar-refractivity contribution in [2.45, 2.75) is 13.3 Å². The highest BCUT2D eigenvalue weighted by molar-refractivity contribution is 6.39. The van der Waals surface area contributed by atoms with Gasteiger partial charge in [0.25, 0.3) is 0 Å². The number of aromatic nitrogens is 1. The third-order valence-corrected chi connectivity index (χ3v) is 3.20. The SMILES string of the molecule is Cc1cnc(-c2c(Cl)cccc2Cl)c(CC#N)c1. The molecule has 0 radical (unpaired) electrons. The second-order valence-electron chi connectivity index (χ2n) is 3.95. The van der Waals surface area contributed by atoms with Crippen molar-refractivity contribution in [3.05, 3.63) is 51.6 Å². The van der Waals surface area contributed by atoms with E-state index in [2.05, 4.69) is 11.1 Å². The van der Waals surface area contributed by atoms with Gasteiger partial charge in [0.05, 0.1) is 28.2 Å². The lowest BCUT2D eigenvalue weighted by molar-refractivity contribution is 1.17. The van der Waals surface area contributed by atoms with Crippen LogP contribution in [0.15, 0.2) is 30.5 Å². The van der Waals surface area contributed by atoms with E-state index in [0.717, 1.165) is 11.1 Å². The van der Waals surface area contributed by atoms with E-state index in [4.69, 9.17) is 28.5 Å². The number of halogens is 2. The Morgan fingerprint density at radius 1 is 1.28 bits per heavy atom. The van der Waals surface area contributed by atoms with Crippen molar-refractivity contribution in [2.75, 3.05) is 0 Å². The minimum absolute atomic E-state index is 0.283. The third kappa shape index (κ3) is 2.48. The third-order valence-electron chi connectivity index (χ3n) is 2.57. The summed E-state index contributed by atoms with van der Waals surface area (Å²) in [4.78, 5) is 4.37. The molecule has 0 bridgehead atoms. The van der Waals surface area contributed by atoms with Crippen LogP contribution in [0.4, 0.5) is 0 Å². The molecule has 1 aromatic carbocycles. The van der Waals surface area contributed by atoms with E-state index in [0.29, 0.717) is 21.3 Å². The fourth-order valence-corrected chi connectivity index (χ4v) is 2.38. The molecular formula is C14H10Cl2N2. The Morgan fingerprint density at radius 2 is 1.94 bits per heavy atom. The van der Waals surface area contributed by atoms with Crippen molar-refractivity contribution in [2.24, 2.45) is 0 Å². The van der Waals surface area contributed by atoms with Crippen LogP contribution in [0.25, 0.3) is 11.3 Å². The molecule has 18 heavy (non-hydrogen) atoms. The molecule has 0 saturated heterocycles. The molecule has 0 fully saturated rings.